The third-order valence-electron chi connectivity index (χ3n) is 4.36. The maximum atomic E-state index is 12.8. The molecule has 6 nitrogen and oxygen atoms in total. The molecule has 0 saturated heterocycles. The molecular formula is C19H17ClN4O2S. The summed E-state index contributed by atoms with van der Waals surface area (Å²) in [6.45, 7) is 1.85. The van der Waals surface area contributed by atoms with Crippen molar-refractivity contribution in [3.05, 3.63) is 65.2 Å². The summed E-state index contributed by atoms with van der Waals surface area (Å²) in [6.07, 6.45) is 5.46. The van der Waals surface area contributed by atoms with Crippen LogP contribution < -0.4 is 4.74 Å². The van der Waals surface area contributed by atoms with E-state index in [1.165, 1.54) is 6.20 Å². The lowest BCUT2D eigenvalue weighted by molar-refractivity contribution is 0.410. The zero-order valence-electron chi connectivity index (χ0n) is 14.8. The van der Waals surface area contributed by atoms with Crippen molar-refractivity contribution in [1.82, 2.24) is 19.5 Å². The number of aromatic amines is 1. The van der Waals surface area contributed by atoms with Gasteiger partial charge in [-0.2, -0.15) is 0 Å². The minimum Gasteiger partial charge on any atom is -0.495 e. The molecule has 0 saturated carbocycles. The Hall–Kier alpha value is -2.64. The largest absolute Gasteiger partial charge is 0.495 e. The Morgan fingerprint density at radius 1 is 1.30 bits per heavy atom. The third-order valence-corrected chi connectivity index (χ3v) is 5.79. The number of nitrogens with zero attached hydrogens (tertiary/aromatic N) is 3. The van der Waals surface area contributed by atoms with Crippen molar-refractivity contribution in [3.63, 3.8) is 0 Å². The van der Waals surface area contributed by atoms with Crippen molar-refractivity contribution in [1.29, 1.82) is 0 Å². The number of methoxy groups -OCH3 is 1. The summed E-state index contributed by atoms with van der Waals surface area (Å²) in [5.74, 6) is 0.781. The quantitative estimate of drug-likeness (QED) is 0.549. The zero-order valence-corrected chi connectivity index (χ0v) is 16.3. The fraction of sp³-hybridized carbons (Fsp3) is 0.158. The van der Waals surface area contributed by atoms with E-state index in [0.717, 1.165) is 22.3 Å². The molecule has 0 aliphatic heterocycles. The Morgan fingerprint density at radius 3 is 2.81 bits per heavy atom. The van der Waals surface area contributed by atoms with Gasteiger partial charge in [0.05, 0.1) is 40.4 Å². The third kappa shape index (κ3) is 3.36. The summed E-state index contributed by atoms with van der Waals surface area (Å²) >= 11 is 6.08. The zero-order chi connectivity index (χ0) is 19.0. The van der Waals surface area contributed by atoms with Crippen LogP contribution in [0.1, 0.15) is 11.3 Å². The topological polar surface area (TPSA) is 72.8 Å². The summed E-state index contributed by atoms with van der Waals surface area (Å²) < 4.78 is 20.1. The van der Waals surface area contributed by atoms with Gasteiger partial charge < -0.3 is 14.3 Å². The van der Waals surface area contributed by atoms with Crippen LogP contribution in [0.2, 0.25) is 5.02 Å². The first-order chi connectivity index (χ1) is 13.1. The lowest BCUT2D eigenvalue weighted by atomic mass is 10.2. The van der Waals surface area contributed by atoms with Gasteiger partial charge in [0.2, 0.25) is 0 Å². The van der Waals surface area contributed by atoms with Gasteiger partial charge >= 0.3 is 0 Å². The molecule has 0 aliphatic carbocycles. The van der Waals surface area contributed by atoms with Crippen molar-refractivity contribution in [2.75, 3.05) is 7.11 Å². The fourth-order valence-electron chi connectivity index (χ4n) is 2.94. The first-order valence-electron chi connectivity index (χ1n) is 8.26. The minimum absolute atomic E-state index is 0.226. The van der Waals surface area contributed by atoms with Crippen LogP contribution >= 0.6 is 11.6 Å². The van der Waals surface area contributed by atoms with E-state index in [-0.39, 0.29) is 5.75 Å². The monoisotopic (exact) mass is 400 g/mol. The van der Waals surface area contributed by atoms with Crippen LogP contribution in [0.3, 0.4) is 0 Å². The number of H-pyrrole nitrogens is 1. The molecule has 0 spiro atoms. The highest BCUT2D eigenvalue weighted by atomic mass is 35.5. The van der Waals surface area contributed by atoms with E-state index < -0.39 is 10.8 Å². The molecule has 0 amide bonds. The summed E-state index contributed by atoms with van der Waals surface area (Å²) in [5, 5.41) is 0.857. The Bertz CT molecular complexity index is 1140. The molecule has 0 aliphatic rings. The van der Waals surface area contributed by atoms with Gasteiger partial charge in [-0.3, -0.25) is 9.19 Å². The molecule has 4 aromatic rings. The Labute approximate surface area is 163 Å². The molecular weight excluding hydrogens is 384 g/mol. The molecule has 0 bridgehead atoms. The normalized spacial score (nSPS) is 12.4. The van der Waals surface area contributed by atoms with Gasteiger partial charge in [-0.15, -0.1) is 0 Å². The molecule has 27 heavy (non-hydrogen) atoms. The summed E-state index contributed by atoms with van der Waals surface area (Å²) in [6, 6.07) is 9.81. The van der Waals surface area contributed by atoms with Gasteiger partial charge in [-0.25, -0.2) is 4.98 Å². The van der Waals surface area contributed by atoms with Crippen molar-refractivity contribution in [3.8, 4) is 11.4 Å². The summed E-state index contributed by atoms with van der Waals surface area (Å²) in [7, 11) is 0.180. The molecule has 0 radical (unpaired) electrons. The highest BCUT2D eigenvalue weighted by Gasteiger charge is 2.16. The molecule has 1 unspecified atom stereocenters. The van der Waals surface area contributed by atoms with Crippen LogP contribution in [0.5, 0.6) is 5.75 Å². The smallest absolute Gasteiger partial charge is 0.197 e. The highest BCUT2D eigenvalue weighted by Crippen LogP contribution is 2.30. The maximum Gasteiger partial charge on any atom is 0.197 e. The highest BCUT2D eigenvalue weighted by molar-refractivity contribution is 7.84. The number of fused-ring (bicyclic) bond motifs is 1. The van der Waals surface area contributed by atoms with E-state index in [2.05, 4.69) is 15.0 Å². The number of aromatic nitrogens is 4. The molecule has 1 atom stereocenters. The van der Waals surface area contributed by atoms with Crippen LogP contribution in [-0.2, 0) is 16.6 Å². The first-order valence-corrected chi connectivity index (χ1v) is 9.96. The number of pyridine rings is 1. The average Bonchev–Trinajstić information content (AvgIpc) is 3.33. The second kappa shape index (κ2) is 7.17. The molecule has 8 heteroatoms. The van der Waals surface area contributed by atoms with Gasteiger partial charge in [0.1, 0.15) is 10.8 Å². The van der Waals surface area contributed by atoms with Gasteiger partial charge in [-0.05, 0) is 37.3 Å². The predicted molar refractivity (Wildman–Crippen MR) is 106 cm³/mol. The summed E-state index contributed by atoms with van der Waals surface area (Å²) in [5.41, 5.74) is 4.07. The standard InChI is InChI=1S/C19H17ClN4O2S/c1-12-17(21-10-14(20)18(12)26-2)11-27(25)19-22-15-6-5-13(9-16(15)23-19)24-7-3-4-8-24/h3-10H,11H2,1-2H3,(H,22,23). The molecule has 4 rings (SSSR count). The van der Waals surface area contributed by atoms with Crippen LogP contribution in [0.25, 0.3) is 16.7 Å². The number of nitrogens with one attached hydrogen (secondary N) is 1. The van der Waals surface area contributed by atoms with E-state index in [1.807, 2.05) is 54.2 Å². The van der Waals surface area contributed by atoms with Gasteiger partial charge in [0.25, 0.3) is 0 Å². The SMILES string of the molecule is COc1c(Cl)cnc(CS(=O)c2nc3ccc(-n4cccc4)cc3[nH]2)c1C. The van der Waals surface area contributed by atoms with Crippen molar-refractivity contribution in [2.45, 2.75) is 17.8 Å². The van der Waals surface area contributed by atoms with Crippen molar-refractivity contribution in [2.24, 2.45) is 0 Å². The second-order valence-corrected chi connectivity index (χ2v) is 7.81. The van der Waals surface area contributed by atoms with Crippen LogP contribution in [0.4, 0.5) is 0 Å². The number of benzene rings is 1. The van der Waals surface area contributed by atoms with Gasteiger partial charge in [0, 0.05) is 29.8 Å². The van der Waals surface area contributed by atoms with E-state index in [0.29, 0.717) is 21.6 Å². The van der Waals surface area contributed by atoms with E-state index in [1.54, 1.807) is 7.11 Å². The average molecular weight is 401 g/mol. The van der Waals surface area contributed by atoms with Crippen molar-refractivity contribution >= 4 is 33.4 Å². The fourth-order valence-corrected chi connectivity index (χ4v) is 4.31. The van der Waals surface area contributed by atoms with Gasteiger partial charge in [-0.1, -0.05) is 11.6 Å². The Balaban J connectivity index is 1.63. The second-order valence-electron chi connectivity index (χ2n) is 6.03. The molecule has 1 aromatic carbocycles. The maximum absolute atomic E-state index is 12.8. The number of halogens is 1. The summed E-state index contributed by atoms with van der Waals surface area (Å²) in [4.78, 5) is 11.9. The lowest BCUT2D eigenvalue weighted by Gasteiger charge is -2.10. The molecule has 3 aromatic heterocycles. The number of ether oxygens (including phenoxy) is 1. The molecule has 0 fully saturated rings. The van der Waals surface area contributed by atoms with Gasteiger partial charge in [0.15, 0.2) is 5.16 Å². The molecule has 3 heterocycles. The van der Waals surface area contributed by atoms with E-state index in [4.69, 9.17) is 16.3 Å². The number of rotatable bonds is 5. The Morgan fingerprint density at radius 2 is 2.07 bits per heavy atom. The molecule has 1 N–H and O–H groups in total. The number of hydrogen-bond acceptors (Lipinski definition) is 4. The van der Waals surface area contributed by atoms with Crippen LogP contribution in [-0.4, -0.2) is 30.8 Å². The van der Waals surface area contributed by atoms with Crippen molar-refractivity contribution < 1.29 is 8.95 Å². The van der Waals surface area contributed by atoms with E-state index in [9.17, 15) is 4.21 Å². The number of hydrogen-bond donors (Lipinski definition) is 1. The lowest BCUT2D eigenvalue weighted by Crippen LogP contribution is -2.04. The minimum atomic E-state index is -1.37. The van der Waals surface area contributed by atoms with E-state index >= 15 is 0 Å². The molecule has 138 valence electrons. The Kier molecular flexibility index (Phi) is 4.72. The number of imidazole rings is 1. The first kappa shape index (κ1) is 17.8. The predicted octanol–water partition coefficient (Wildman–Crippen LogP) is 4.03. The van der Waals surface area contributed by atoms with Crippen LogP contribution in [0.15, 0.2) is 54.1 Å². The van der Waals surface area contributed by atoms with Crippen LogP contribution in [0, 0.1) is 6.92 Å².